The van der Waals surface area contributed by atoms with Gasteiger partial charge in [0.15, 0.2) is 0 Å². The monoisotopic (exact) mass is 218 g/mol. The standard InChI is InChI=1S/C13H18N2O/c1-11-7-9-15(10-8-14-11)13(16)12-5-3-2-4-6-12/h2-6,11,14H,7-10H2,1H3. The fourth-order valence-corrected chi connectivity index (χ4v) is 1.98. The summed E-state index contributed by atoms with van der Waals surface area (Å²) in [5, 5.41) is 3.39. The molecule has 3 heteroatoms. The van der Waals surface area contributed by atoms with E-state index in [-0.39, 0.29) is 5.91 Å². The molecule has 0 aromatic heterocycles. The minimum atomic E-state index is 0.150. The maximum atomic E-state index is 12.2. The van der Waals surface area contributed by atoms with Crippen LogP contribution in [0, 0.1) is 0 Å². The van der Waals surface area contributed by atoms with E-state index >= 15 is 0 Å². The van der Waals surface area contributed by atoms with Crippen molar-refractivity contribution in [2.45, 2.75) is 19.4 Å². The first-order valence-electron chi connectivity index (χ1n) is 5.85. The van der Waals surface area contributed by atoms with E-state index in [9.17, 15) is 4.79 Å². The number of carbonyl (C=O) groups excluding carboxylic acids is 1. The van der Waals surface area contributed by atoms with E-state index < -0.39 is 0 Å². The summed E-state index contributed by atoms with van der Waals surface area (Å²) in [6, 6.07) is 10.0. The molecule has 1 aliphatic heterocycles. The Morgan fingerprint density at radius 3 is 2.81 bits per heavy atom. The van der Waals surface area contributed by atoms with Crippen molar-refractivity contribution in [2.75, 3.05) is 19.6 Å². The van der Waals surface area contributed by atoms with Crippen molar-refractivity contribution in [3.05, 3.63) is 35.9 Å². The third kappa shape index (κ3) is 2.61. The Balaban J connectivity index is 2.04. The summed E-state index contributed by atoms with van der Waals surface area (Å²) in [5.41, 5.74) is 0.789. The Morgan fingerprint density at radius 2 is 2.06 bits per heavy atom. The topological polar surface area (TPSA) is 32.3 Å². The van der Waals surface area contributed by atoms with E-state index in [2.05, 4.69) is 12.2 Å². The Labute approximate surface area is 96.5 Å². The number of hydrogen-bond donors (Lipinski definition) is 1. The van der Waals surface area contributed by atoms with Crippen LogP contribution < -0.4 is 5.32 Å². The van der Waals surface area contributed by atoms with Gasteiger partial charge >= 0.3 is 0 Å². The van der Waals surface area contributed by atoms with Gasteiger partial charge in [0.05, 0.1) is 0 Å². The predicted molar refractivity (Wildman–Crippen MR) is 64.4 cm³/mol. The molecule has 1 aliphatic rings. The summed E-state index contributed by atoms with van der Waals surface area (Å²) in [4.78, 5) is 14.1. The first-order valence-corrected chi connectivity index (χ1v) is 5.85. The molecule has 2 rings (SSSR count). The van der Waals surface area contributed by atoms with Gasteiger partial charge in [0.25, 0.3) is 5.91 Å². The van der Waals surface area contributed by atoms with Crippen LogP contribution in [0.5, 0.6) is 0 Å². The molecule has 0 radical (unpaired) electrons. The zero-order valence-electron chi connectivity index (χ0n) is 9.65. The van der Waals surface area contributed by atoms with E-state index in [1.807, 2.05) is 35.2 Å². The molecule has 0 bridgehead atoms. The summed E-state index contributed by atoms with van der Waals surface area (Å²) in [6.45, 7) is 4.70. The fraction of sp³-hybridized carbons (Fsp3) is 0.462. The highest BCUT2D eigenvalue weighted by Gasteiger charge is 2.18. The van der Waals surface area contributed by atoms with Crippen molar-refractivity contribution >= 4 is 5.91 Å². The number of nitrogens with one attached hydrogen (secondary N) is 1. The van der Waals surface area contributed by atoms with Gasteiger partial charge in [-0.05, 0) is 25.5 Å². The number of hydrogen-bond acceptors (Lipinski definition) is 2. The van der Waals surface area contributed by atoms with Crippen LogP contribution in [0.1, 0.15) is 23.7 Å². The third-order valence-electron chi connectivity index (χ3n) is 3.01. The average Bonchev–Trinajstić information content (AvgIpc) is 2.54. The Morgan fingerprint density at radius 1 is 1.31 bits per heavy atom. The second-order valence-corrected chi connectivity index (χ2v) is 4.30. The van der Waals surface area contributed by atoms with Gasteiger partial charge in [0, 0.05) is 31.2 Å². The summed E-state index contributed by atoms with van der Waals surface area (Å²) < 4.78 is 0. The largest absolute Gasteiger partial charge is 0.337 e. The predicted octanol–water partition coefficient (Wildman–Crippen LogP) is 1.51. The van der Waals surface area contributed by atoms with Crippen LogP contribution in [-0.4, -0.2) is 36.5 Å². The molecule has 3 nitrogen and oxygen atoms in total. The summed E-state index contributed by atoms with van der Waals surface area (Å²) in [6.07, 6.45) is 1.03. The molecule has 1 saturated heterocycles. The highest BCUT2D eigenvalue weighted by molar-refractivity contribution is 5.94. The maximum absolute atomic E-state index is 12.2. The lowest BCUT2D eigenvalue weighted by Gasteiger charge is -2.19. The first kappa shape index (κ1) is 11.1. The number of benzene rings is 1. The molecular formula is C13H18N2O. The van der Waals surface area contributed by atoms with Crippen LogP contribution in [0.3, 0.4) is 0 Å². The number of nitrogens with zero attached hydrogens (tertiary/aromatic N) is 1. The zero-order valence-corrected chi connectivity index (χ0v) is 9.65. The van der Waals surface area contributed by atoms with Gasteiger partial charge in [0.1, 0.15) is 0 Å². The minimum absolute atomic E-state index is 0.150. The molecule has 0 aliphatic carbocycles. The van der Waals surface area contributed by atoms with Crippen molar-refractivity contribution in [2.24, 2.45) is 0 Å². The maximum Gasteiger partial charge on any atom is 0.253 e. The summed E-state index contributed by atoms with van der Waals surface area (Å²) >= 11 is 0. The lowest BCUT2D eigenvalue weighted by atomic mass is 10.2. The fourth-order valence-electron chi connectivity index (χ4n) is 1.98. The van der Waals surface area contributed by atoms with Gasteiger partial charge in [-0.15, -0.1) is 0 Å². The first-order chi connectivity index (χ1) is 7.77. The summed E-state index contributed by atoms with van der Waals surface area (Å²) in [5.74, 6) is 0.150. The second kappa shape index (κ2) is 5.12. The van der Waals surface area contributed by atoms with E-state index in [1.54, 1.807) is 0 Å². The molecule has 1 aromatic rings. The number of amides is 1. The number of rotatable bonds is 1. The Kier molecular flexibility index (Phi) is 3.57. The third-order valence-corrected chi connectivity index (χ3v) is 3.01. The van der Waals surface area contributed by atoms with E-state index in [4.69, 9.17) is 0 Å². The molecule has 0 saturated carbocycles. The smallest absolute Gasteiger partial charge is 0.253 e. The molecule has 1 fully saturated rings. The van der Waals surface area contributed by atoms with Gasteiger partial charge in [0.2, 0.25) is 0 Å². The van der Waals surface area contributed by atoms with Crippen LogP contribution in [0.4, 0.5) is 0 Å². The van der Waals surface area contributed by atoms with E-state index in [1.165, 1.54) is 0 Å². The van der Waals surface area contributed by atoms with Gasteiger partial charge in [-0.2, -0.15) is 0 Å². The van der Waals surface area contributed by atoms with Crippen LogP contribution in [-0.2, 0) is 0 Å². The van der Waals surface area contributed by atoms with E-state index in [0.29, 0.717) is 6.04 Å². The second-order valence-electron chi connectivity index (χ2n) is 4.30. The SMILES string of the molecule is CC1CCN(C(=O)c2ccccc2)CCN1. The lowest BCUT2D eigenvalue weighted by molar-refractivity contribution is 0.0765. The quantitative estimate of drug-likeness (QED) is 0.775. The zero-order chi connectivity index (χ0) is 11.4. The average molecular weight is 218 g/mol. The highest BCUT2D eigenvalue weighted by Crippen LogP contribution is 2.08. The highest BCUT2D eigenvalue weighted by atomic mass is 16.2. The lowest BCUT2D eigenvalue weighted by Crippen LogP contribution is -2.34. The molecule has 16 heavy (non-hydrogen) atoms. The molecular weight excluding hydrogens is 200 g/mol. The van der Waals surface area contributed by atoms with Crippen LogP contribution in [0.2, 0.25) is 0 Å². The van der Waals surface area contributed by atoms with Gasteiger partial charge in [-0.25, -0.2) is 0 Å². The minimum Gasteiger partial charge on any atom is -0.337 e. The van der Waals surface area contributed by atoms with E-state index in [0.717, 1.165) is 31.6 Å². The number of carbonyl (C=O) groups is 1. The van der Waals surface area contributed by atoms with Gasteiger partial charge < -0.3 is 10.2 Å². The molecule has 1 unspecified atom stereocenters. The molecule has 1 heterocycles. The van der Waals surface area contributed by atoms with Crippen LogP contribution >= 0.6 is 0 Å². The van der Waals surface area contributed by atoms with Crippen LogP contribution in [0.25, 0.3) is 0 Å². The Hall–Kier alpha value is -1.35. The van der Waals surface area contributed by atoms with Crippen molar-refractivity contribution in [3.63, 3.8) is 0 Å². The van der Waals surface area contributed by atoms with Crippen molar-refractivity contribution in [1.29, 1.82) is 0 Å². The van der Waals surface area contributed by atoms with Crippen molar-refractivity contribution in [1.82, 2.24) is 10.2 Å². The summed E-state index contributed by atoms with van der Waals surface area (Å²) in [7, 11) is 0. The van der Waals surface area contributed by atoms with Gasteiger partial charge in [-0.1, -0.05) is 18.2 Å². The van der Waals surface area contributed by atoms with Gasteiger partial charge in [-0.3, -0.25) is 4.79 Å². The molecule has 1 atom stereocenters. The Bertz CT molecular complexity index is 350. The molecule has 1 amide bonds. The van der Waals surface area contributed by atoms with Crippen molar-refractivity contribution in [3.8, 4) is 0 Å². The molecule has 0 spiro atoms. The normalized spacial score (nSPS) is 21.6. The molecule has 1 aromatic carbocycles. The molecule has 86 valence electrons. The van der Waals surface area contributed by atoms with Crippen molar-refractivity contribution < 1.29 is 4.79 Å². The molecule has 1 N–H and O–H groups in total. The van der Waals surface area contributed by atoms with Crippen LogP contribution in [0.15, 0.2) is 30.3 Å².